The summed E-state index contributed by atoms with van der Waals surface area (Å²) in [4.78, 5) is 65.8. The number of imide groups is 2. The average molecular weight is 1100 g/mol. The van der Waals surface area contributed by atoms with E-state index in [1.807, 2.05) is 99.7 Å². The molecule has 0 unspecified atom stereocenters. The van der Waals surface area contributed by atoms with Crippen LogP contribution in [-0.4, -0.2) is 42.9 Å². The van der Waals surface area contributed by atoms with Gasteiger partial charge in [0, 0.05) is 99.0 Å². The van der Waals surface area contributed by atoms with Gasteiger partial charge in [0.1, 0.15) is 0 Å². The number of hydrogen-bond acceptors (Lipinski definition) is 8. The maximum absolute atomic E-state index is 12.5. The van der Waals surface area contributed by atoms with Crippen LogP contribution in [0.2, 0.25) is 0 Å². The molecule has 0 N–H and O–H groups in total. The molecule has 6 aromatic carbocycles. The number of rotatable bonds is 20. The lowest BCUT2D eigenvalue weighted by atomic mass is 10.0. The molecule has 0 bridgehead atoms. The number of carbonyl (C=O) groups excluding carboxylic acids is 4. The van der Waals surface area contributed by atoms with Crippen LogP contribution in [0, 0.1) is 6.92 Å². The minimum Gasteiger partial charge on any atom is -0.369 e. The van der Waals surface area contributed by atoms with Crippen LogP contribution in [0.15, 0.2) is 207 Å². The van der Waals surface area contributed by atoms with Crippen LogP contribution in [0.5, 0.6) is 11.5 Å². The molecular formula is C71H64N6O6. The predicted molar refractivity (Wildman–Crippen MR) is 337 cm³/mol. The van der Waals surface area contributed by atoms with Gasteiger partial charge in [-0.15, -0.1) is 10.1 Å². The lowest BCUT2D eigenvalue weighted by molar-refractivity contribution is -0.165. The van der Waals surface area contributed by atoms with Gasteiger partial charge in [-0.05, 0) is 173 Å². The highest BCUT2D eigenvalue weighted by Gasteiger charge is 2.33. The number of amides is 4. The van der Waals surface area contributed by atoms with Crippen molar-refractivity contribution in [1.29, 1.82) is 0 Å². The predicted octanol–water partition coefficient (Wildman–Crippen LogP) is 16.9. The molecule has 2 aliphatic heterocycles. The molecule has 8 aromatic rings. The van der Waals surface area contributed by atoms with Gasteiger partial charge >= 0.3 is 0 Å². The summed E-state index contributed by atoms with van der Waals surface area (Å²) in [6.07, 6.45) is 22.6. The van der Waals surface area contributed by atoms with E-state index in [1.54, 1.807) is 30.3 Å². The molecule has 83 heavy (non-hydrogen) atoms. The van der Waals surface area contributed by atoms with Crippen LogP contribution in [0.3, 0.4) is 0 Å². The Hall–Kier alpha value is -10.5. The molecule has 4 amide bonds. The molecule has 2 aromatic heterocycles. The topological polar surface area (TPSA) is 110 Å². The van der Waals surface area contributed by atoms with Crippen molar-refractivity contribution in [3.63, 3.8) is 0 Å². The summed E-state index contributed by atoms with van der Waals surface area (Å²) in [5.41, 5.74) is 16.3. The van der Waals surface area contributed by atoms with E-state index in [1.165, 1.54) is 0 Å². The number of hydroxylamine groups is 4. The molecule has 12 heteroatoms. The molecular weight excluding hydrogens is 1030 g/mol. The van der Waals surface area contributed by atoms with Crippen molar-refractivity contribution in [2.24, 2.45) is 0 Å². The number of nitrogens with zero attached hydrogens (tertiary/aromatic N) is 6. The minimum absolute atomic E-state index is 0.120. The maximum atomic E-state index is 12.5. The molecule has 0 aliphatic carbocycles. The monoisotopic (exact) mass is 1100 g/mol. The molecule has 12 nitrogen and oxygen atoms in total. The van der Waals surface area contributed by atoms with Gasteiger partial charge in [-0.25, -0.2) is 0 Å². The van der Waals surface area contributed by atoms with Gasteiger partial charge in [0.05, 0.1) is 16.9 Å². The van der Waals surface area contributed by atoms with Gasteiger partial charge in [-0.2, -0.15) is 0 Å². The lowest BCUT2D eigenvalue weighted by Crippen LogP contribution is -2.32. The maximum Gasteiger partial charge on any atom is 0.263 e. The van der Waals surface area contributed by atoms with Crippen molar-refractivity contribution in [2.75, 3.05) is 9.80 Å². The summed E-state index contributed by atoms with van der Waals surface area (Å²) < 4.78 is 4.46. The van der Waals surface area contributed by atoms with Crippen molar-refractivity contribution in [1.82, 2.24) is 19.3 Å². The van der Waals surface area contributed by atoms with Gasteiger partial charge in [0.15, 0.2) is 11.5 Å². The van der Waals surface area contributed by atoms with E-state index in [0.717, 1.165) is 111 Å². The highest BCUT2D eigenvalue weighted by atomic mass is 16.7. The van der Waals surface area contributed by atoms with E-state index >= 15 is 0 Å². The van der Waals surface area contributed by atoms with E-state index in [9.17, 15) is 19.2 Å². The fraction of sp³-hybridized carbons (Fsp3) is 0.127. The normalized spacial score (nSPS) is 14.1. The second kappa shape index (κ2) is 24.5. The Morgan fingerprint density at radius 2 is 1.06 bits per heavy atom. The molecule has 0 saturated carbocycles. The van der Waals surface area contributed by atoms with Gasteiger partial charge < -0.3 is 28.6 Å². The second-order valence-electron chi connectivity index (χ2n) is 19.9. The number of carbonyl (C=O) groups is 4. The number of benzene rings is 6. The molecule has 10 rings (SSSR count). The third-order valence-corrected chi connectivity index (χ3v) is 14.7. The van der Waals surface area contributed by atoms with Gasteiger partial charge in [0.2, 0.25) is 0 Å². The zero-order valence-electron chi connectivity index (χ0n) is 47.3. The molecule has 2 aliphatic rings. The van der Waals surface area contributed by atoms with Crippen LogP contribution >= 0.6 is 0 Å². The fourth-order valence-electron chi connectivity index (χ4n) is 10.9. The number of fused-ring (bicyclic) bond motifs is 1. The van der Waals surface area contributed by atoms with Gasteiger partial charge in [-0.3, -0.25) is 19.2 Å². The quantitative estimate of drug-likeness (QED) is 0.0548. The summed E-state index contributed by atoms with van der Waals surface area (Å²) in [7, 11) is 0. The third-order valence-electron chi connectivity index (χ3n) is 14.7. The Labute approximate surface area is 484 Å². The number of allylic oxidation sites excluding steroid dienone is 8. The molecule has 0 radical (unpaired) electrons. The standard InChI is InChI=1S/C71H64N6O6/c1-9-15-21-52(12-4)73-49(8)63(61(13-5)66(73)20-11-3)46-48(7)72(55-32-37-59(38-33-55)82-76-68(78)42-43-69(76)79)54-28-24-50(25-29-54)51-26-30-56(31-27-51)74(57-34-39-60(40-35-57)83-77-70(80)44-45-71(77)81)58-36-41-67-64(47-58)62(19-10-2)65(14-6)75(67)53-22-17-16-18-23-53/h9-41,46-47H,1,5-6,42-45H2,2-4,7-8H3/b19-10-,20-11-,21-15-,48-46+,52-12+. The van der Waals surface area contributed by atoms with Gasteiger partial charge in [-0.1, -0.05) is 105 Å². The zero-order valence-corrected chi connectivity index (χ0v) is 47.3. The Kier molecular flexibility index (Phi) is 16.5. The summed E-state index contributed by atoms with van der Waals surface area (Å²) in [5.74, 6) is -0.735. The van der Waals surface area contributed by atoms with Crippen LogP contribution in [0.1, 0.15) is 87.2 Å². The minimum atomic E-state index is -0.367. The summed E-state index contributed by atoms with van der Waals surface area (Å²) in [6, 6.07) is 48.3. The van der Waals surface area contributed by atoms with Crippen LogP contribution in [0.4, 0.5) is 28.4 Å². The molecule has 4 heterocycles. The summed E-state index contributed by atoms with van der Waals surface area (Å²) in [6.45, 7) is 22.6. The Morgan fingerprint density at radius 1 is 0.554 bits per heavy atom. The smallest absolute Gasteiger partial charge is 0.263 e. The first-order valence-corrected chi connectivity index (χ1v) is 27.6. The van der Waals surface area contributed by atoms with Crippen LogP contribution < -0.4 is 19.5 Å². The van der Waals surface area contributed by atoms with Crippen molar-refractivity contribution in [3.8, 4) is 28.3 Å². The van der Waals surface area contributed by atoms with Crippen molar-refractivity contribution < 1.29 is 28.9 Å². The van der Waals surface area contributed by atoms with E-state index < -0.39 is 0 Å². The summed E-state index contributed by atoms with van der Waals surface area (Å²) in [5, 5.41) is 2.73. The van der Waals surface area contributed by atoms with E-state index in [4.69, 9.17) is 9.68 Å². The van der Waals surface area contributed by atoms with E-state index in [0.29, 0.717) is 11.5 Å². The largest absolute Gasteiger partial charge is 0.369 e. The lowest BCUT2D eigenvalue weighted by Gasteiger charge is -2.27. The average Bonchev–Trinajstić information content (AvgIpc) is 3.44. The first kappa shape index (κ1) is 55.8. The number of para-hydroxylation sites is 1. The Morgan fingerprint density at radius 3 is 1.55 bits per heavy atom. The van der Waals surface area contributed by atoms with Crippen molar-refractivity contribution in [2.45, 2.75) is 60.3 Å². The molecule has 0 atom stereocenters. The van der Waals surface area contributed by atoms with Crippen LogP contribution in [-0.2, 0) is 19.2 Å². The first-order chi connectivity index (χ1) is 40.4. The van der Waals surface area contributed by atoms with Crippen molar-refractivity contribution >= 4 is 99.0 Å². The first-order valence-electron chi connectivity index (χ1n) is 27.6. The van der Waals surface area contributed by atoms with Crippen molar-refractivity contribution in [3.05, 3.63) is 241 Å². The number of hydrogen-bond donors (Lipinski definition) is 0. The third kappa shape index (κ3) is 11.1. The number of aromatic nitrogens is 2. The van der Waals surface area contributed by atoms with Crippen LogP contribution in [0.25, 0.3) is 63.8 Å². The fourth-order valence-corrected chi connectivity index (χ4v) is 10.9. The molecule has 414 valence electrons. The second-order valence-corrected chi connectivity index (χ2v) is 19.9. The molecule has 2 fully saturated rings. The zero-order chi connectivity index (χ0) is 58.3. The number of anilines is 5. The highest BCUT2D eigenvalue weighted by molar-refractivity contribution is 6.02. The van der Waals surface area contributed by atoms with Gasteiger partial charge in [0.25, 0.3) is 23.6 Å². The van der Waals surface area contributed by atoms with E-state index in [2.05, 4.69) is 156 Å². The highest BCUT2D eigenvalue weighted by Crippen LogP contribution is 2.42. The summed E-state index contributed by atoms with van der Waals surface area (Å²) >= 11 is 0. The Balaban J connectivity index is 1.03. The SMILES string of the molecule is C=C/C=C\C(=C/C)n1c(C)c(/C=C(\C)N(c2ccc(ON3C(=O)CCC3=O)cc2)c2ccc(-c3ccc(N(c4ccc(ON5C(=O)CCC5=O)cc4)c4ccc5c(c4)c(/C=C\C)c(C=C)n5-c4ccccc4)cc3)cc2)c(C=C)c1/C=C\C. The van der Waals surface area contributed by atoms with E-state index in [-0.39, 0.29) is 49.3 Å². The Bertz CT molecular complexity index is 3950. The molecule has 0 spiro atoms. The molecule has 2 saturated heterocycles.